The van der Waals surface area contributed by atoms with Gasteiger partial charge in [0.05, 0.1) is 18.2 Å². The van der Waals surface area contributed by atoms with Crippen molar-refractivity contribution < 1.29 is 9.84 Å². The first-order chi connectivity index (χ1) is 12.2. The molecule has 2 fully saturated rings. The summed E-state index contributed by atoms with van der Waals surface area (Å²) in [6.45, 7) is 4.54. The van der Waals surface area contributed by atoms with Crippen molar-refractivity contribution in [1.29, 1.82) is 0 Å². The minimum absolute atomic E-state index is 0.281. The van der Waals surface area contributed by atoms with Gasteiger partial charge in [0.25, 0.3) is 0 Å². The van der Waals surface area contributed by atoms with E-state index < -0.39 is 0 Å². The average Bonchev–Trinajstić information content (AvgIpc) is 3.13. The number of likely N-dealkylation sites (tertiary alicyclic amines) is 1. The number of piperidine rings is 1. The van der Waals surface area contributed by atoms with Crippen molar-refractivity contribution in [3.05, 3.63) is 53.9 Å². The number of hydrogen-bond acceptors (Lipinski definition) is 4. The van der Waals surface area contributed by atoms with Gasteiger partial charge in [0.2, 0.25) is 0 Å². The van der Waals surface area contributed by atoms with E-state index in [1.54, 1.807) is 0 Å². The van der Waals surface area contributed by atoms with Crippen LogP contribution in [0.2, 0.25) is 0 Å². The molecule has 1 spiro atoms. The summed E-state index contributed by atoms with van der Waals surface area (Å²) in [6.07, 6.45) is 7.25. The Morgan fingerprint density at radius 2 is 1.96 bits per heavy atom. The van der Waals surface area contributed by atoms with Crippen LogP contribution in [0, 0.1) is 0 Å². The lowest BCUT2D eigenvalue weighted by Gasteiger charge is -2.46. The Morgan fingerprint density at radius 1 is 1.16 bits per heavy atom. The molecule has 5 heteroatoms. The zero-order chi connectivity index (χ0) is 17.1. The number of aromatic nitrogens is 2. The summed E-state index contributed by atoms with van der Waals surface area (Å²) in [6, 6.07) is 10.7. The quantitative estimate of drug-likeness (QED) is 0.928. The van der Waals surface area contributed by atoms with Gasteiger partial charge in [-0.2, -0.15) is 5.10 Å². The second kappa shape index (κ2) is 7.28. The number of nitrogens with zero attached hydrogens (tertiary/aromatic N) is 3. The maximum atomic E-state index is 10.4. The second-order valence-corrected chi connectivity index (χ2v) is 7.37. The summed E-state index contributed by atoms with van der Waals surface area (Å²) in [5.41, 5.74) is 2.34. The molecular weight excluding hydrogens is 314 g/mol. The lowest BCUT2D eigenvalue weighted by atomic mass is 9.82. The molecule has 1 aromatic carbocycles. The van der Waals surface area contributed by atoms with Crippen LogP contribution in [0.5, 0.6) is 0 Å². The monoisotopic (exact) mass is 341 g/mol. The van der Waals surface area contributed by atoms with Crippen LogP contribution in [0.25, 0.3) is 0 Å². The highest BCUT2D eigenvalue weighted by atomic mass is 16.5. The molecule has 0 unspecified atom stereocenters. The molecule has 134 valence electrons. The minimum Gasteiger partial charge on any atom is -0.390 e. The molecule has 0 aliphatic carbocycles. The highest BCUT2D eigenvalue weighted by Crippen LogP contribution is 2.35. The van der Waals surface area contributed by atoms with Crippen molar-refractivity contribution >= 4 is 0 Å². The van der Waals surface area contributed by atoms with E-state index in [1.165, 1.54) is 11.1 Å². The number of hydrogen-bond donors (Lipinski definition) is 1. The van der Waals surface area contributed by atoms with Crippen molar-refractivity contribution in [2.45, 2.75) is 50.5 Å². The Balaban J connectivity index is 1.35. The first-order valence-electron chi connectivity index (χ1n) is 9.33. The van der Waals surface area contributed by atoms with Gasteiger partial charge in [-0.1, -0.05) is 24.3 Å². The van der Waals surface area contributed by atoms with Crippen molar-refractivity contribution in [3.63, 3.8) is 0 Å². The van der Waals surface area contributed by atoms with Gasteiger partial charge in [-0.3, -0.25) is 9.58 Å². The lowest BCUT2D eigenvalue weighted by molar-refractivity contribution is -0.177. The van der Waals surface area contributed by atoms with E-state index in [4.69, 9.17) is 4.74 Å². The number of rotatable bonds is 4. The van der Waals surface area contributed by atoms with Crippen LogP contribution in [0.4, 0.5) is 0 Å². The van der Waals surface area contributed by atoms with Gasteiger partial charge < -0.3 is 9.84 Å². The van der Waals surface area contributed by atoms with Crippen LogP contribution in [0.1, 0.15) is 36.8 Å². The van der Waals surface area contributed by atoms with E-state index in [2.05, 4.69) is 34.3 Å². The Hall–Kier alpha value is -1.69. The van der Waals surface area contributed by atoms with Crippen LogP contribution >= 0.6 is 0 Å². The predicted molar refractivity (Wildman–Crippen MR) is 96.2 cm³/mol. The van der Waals surface area contributed by atoms with Crippen molar-refractivity contribution in [2.75, 3.05) is 19.7 Å². The maximum Gasteiger partial charge on any atom is 0.0964 e. The average molecular weight is 341 g/mol. The van der Waals surface area contributed by atoms with Crippen LogP contribution in [-0.2, 0) is 17.8 Å². The smallest absolute Gasteiger partial charge is 0.0964 e. The Morgan fingerprint density at radius 3 is 2.68 bits per heavy atom. The molecule has 0 saturated carbocycles. The molecule has 0 amide bonds. The van der Waals surface area contributed by atoms with E-state index in [0.29, 0.717) is 0 Å². The van der Waals surface area contributed by atoms with Crippen LogP contribution in [0.15, 0.2) is 42.7 Å². The first-order valence-corrected chi connectivity index (χ1v) is 9.33. The van der Waals surface area contributed by atoms with Gasteiger partial charge >= 0.3 is 0 Å². The Bertz CT molecular complexity index is 678. The summed E-state index contributed by atoms with van der Waals surface area (Å²) in [7, 11) is 0. The second-order valence-electron chi connectivity index (χ2n) is 7.37. The fourth-order valence-corrected chi connectivity index (χ4v) is 4.14. The summed E-state index contributed by atoms with van der Waals surface area (Å²) in [4.78, 5) is 2.48. The third kappa shape index (κ3) is 3.78. The van der Waals surface area contributed by atoms with E-state index in [9.17, 15) is 5.11 Å². The standard InChI is InChI=1S/C20H27N3O2/c24-19-6-2-13-25-20(19)7-11-22(12-8-20)15-17-4-1-5-18(14-17)16-23-10-3-9-21-23/h1,3-5,9-10,14,19,24H,2,6-8,11-13,15-16H2/t19-/m0/s1. The highest BCUT2D eigenvalue weighted by Gasteiger charge is 2.43. The highest BCUT2D eigenvalue weighted by molar-refractivity contribution is 5.23. The fraction of sp³-hybridized carbons (Fsp3) is 0.550. The van der Waals surface area contributed by atoms with Crippen molar-refractivity contribution in [1.82, 2.24) is 14.7 Å². The zero-order valence-corrected chi connectivity index (χ0v) is 14.7. The molecule has 1 aromatic heterocycles. The van der Waals surface area contributed by atoms with Crippen LogP contribution < -0.4 is 0 Å². The van der Waals surface area contributed by atoms with Gasteiger partial charge in [-0.25, -0.2) is 0 Å². The summed E-state index contributed by atoms with van der Waals surface area (Å²) >= 11 is 0. The largest absolute Gasteiger partial charge is 0.390 e. The third-order valence-electron chi connectivity index (χ3n) is 5.62. The fourth-order valence-electron chi connectivity index (χ4n) is 4.14. The molecule has 2 saturated heterocycles. The lowest BCUT2D eigenvalue weighted by Crippen LogP contribution is -2.55. The van der Waals surface area contributed by atoms with Gasteiger partial charge in [0.1, 0.15) is 0 Å². The summed E-state index contributed by atoms with van der Waals surface area (Å²) in [5.74, 6) is 0. The number of aliphatic hydroxyl groups excluding tert-OH is 1. The van der Waals surface area contributed by atoms with E-state index in [0.717, 1.165) is 58.5 Å². The molecule has 2 aromatic rings. The molecular formula is C20H27N3O2. The number of ether oxygens (including phenoxy) is 1. The topological polar surface area (TPSA) is 50.5 Å². The van der Waals surface area contributed by atoms with Crippen molar-refractivity contribution in [3.8, 4) is 0 Å². The van der Waals surface area contributed by atoms with Gasteiger partial charge in [0.15, 0.2) is 0 Å². The summed E-state index contributed by atoms with van der Waals surface area (Å²) in [5, 5.41) is 14.6. The van der Waals surface area contributed by atoms with Crippen LogP contribution in [-0.4, -0.2) is 51.2 Å². The normalized spacial score (nSPS) is 23.8. The van der Waals surface area contributed by atoms with E-state index in [-0.39, 0.29) is 11.7 Å². The number of benzene rings is 1. The molecule has 4 rings (SSSR count). The molecule has 0 radical (unpaired) electrons. The molecule has 5 nitrogen and oxygen atoms in total. The first kappa shape index (κ1) is 16.8. The van der Waals surface area contributed by atoms with Gasteiger partial charge in [0, 0.05) is 38.6 Å². The molecule has 2 aliphatic rings. The zero-order valence-electron chi connectivity index (χ0n) is 14.7. The maximum absolute atomic E-state index is 10.4. The molecule has 0 bridgehead atoms. The predicted octanol–water partition coefficient (Wildman–Crippen LogP) is 2.44. The molecule has 2 aliphatic heterocycles. The number of aliphatic hydroxyl groups is 1. The molecule has 1 N–H and O–H groups in total. The van der Waals surface area contributed by atoms with E-state index in [1.807, 2.05) is 23.1 Å². The molecule has 1 atom stereocenters. The van der Waals surface area contributed by atoms with Crippen LogP contribution in [0.3, 0.4) is 0 Å². The minimum atomic E-state index is -0.291. The van der Waals surface area contributed by atoms with Gasteiger partial charge in [-0.15, -0.1) is 0 Å². The summed E-state index contributed by atoms with van der Waals surface area (Å²) < 4.78 is 7.96. The molecule has 3 heterocycles. The Kier molecular flexibility index (Phi) is 4.88. The van der Waals surface area contributed by atoms with Crippen molar-refractivity contribution in [2.24, 2.45) is 0 Å². The van der Waals surface area contributed by atoms with Gasteiger partial charge in [-0.05, 0) is 42.9 Å². The van der Waals surface area contributed by atoms with E-state index >= 15 is 0 Å². The SMILES string of the molecule is O[C@H]1CCCOC12CCN(Cc1cccc(Cn3cccn3)c1)CC2. The molecule has 25 heavy (non-hydrogen) atoms. The third-order valence-corrected chi connectivity index (χ3v) is 5.62. The Labute approximate surface area is 149 Å².